The maximum atomic E-state index is 12.5. The van der Waals surface area contributed by atoms with Crippen molar-refractivity contribution in [3.8, 4) is 0 Å². The van der Waals surface area contributed by atoms with Gasteiger partial charge in [-0.2, -0.15) is 0 Å². The number of carbonyl (C=O) groups excluding carboxylic acids is 1. The molecular weight excluding hydrogens is 220 g/mol. The fourth-order valence-electron chi connectivity index (χ4n) is 1.21. The molecule has 5 nitrogen and oxygen atoms in total. The van der Waals surface area contributed by atoms with Crippen LogP contribution in [-0.2, 0) is 11.3 Å². The molecule has 0 aliphatic rings. The number of nitrogen functional groups attached to an aromatic ring is 1. The first-order valence-corrected chi connectivity index (χ1v) is 4.37. The van der Waals surface area contributed by atoms with Gasteiger partial charge in [0, 0.05) is 6.54 Å². The summed E-state index contributed by atoms with van der Waals surface area (Å²) in [6, 6.07) is 1.18. The molecule has 0 aliphatic carbocycles. The number of nitrogens with zero attached hydrogens (tertiary/aromatic N) is 1. The van der Waals surface area contributed by atoms with Crippen LogP contribution in [0.3, 0.4) is 0 Å². The molecule has 4 N–H and O–H groups in total. The molecular formula is C9H11F2N3O2. The highest BCUT2D eigenvalue weighted by atomic mass is 19.3. The number of nitrogens with two attached hydrogens (primary N) is 2. The molecule has 1 heterocycles. The molecule has 1 rings (SSSR count). The average Bonchev–Trinajstić information content (AvgIpc) is 2.27. The molecule has 0 unspecified atom stereocenters. The third kappa shape index (κ3) is 2.25. The van der Waals surface area contributed by atoms with Gasteiger partial charge in [-0.05, 0) is 11.6 Å². The van der Waals surface area contributed by atoms with Gasteiger partial charge in [-0.1, -0.05) is 0 Å². The summed E-state index contributed by atoms with van der Waals surface area (Å²) in [4.78, 5) is 14.7. The molecule has 0 bridgehead atoms. The first-order chi connectivity index (χ1) is 7.51. The molecule has 0 aliphatic heterocycles. The molecule has 16 heavy (non-hydrogen) atoms. The Morgan fingerprint density at radius 2 is 2.25 bits per heavy atom. The number of halogens is 2. The molecule has 0 saturated heterocycles. The molecule has 7 heteroatoms. The van der Waals surface area contributed by atoms with Crippen LogP contribution < -0.4 is 11.5 Å². The molecule has 88 valence electrons. The lowest BCUT2D eigenvalue weighted by Crippen LogP contribution is -2.13. The van der Waals surface area contributed by atoms with Gasteiger partial charge in [0.1, 0.15) is 17.1 Å². The molecule has 1 aromatic heterocycles. The van der Waals surface area contributed by atoms with Crippen molar-refractivity contribution in [2.24, 2.45) is 5.73 Å². The Balaban J connectivity index is 3.31. The number of aromatic nitrogens is 1. The first-order valence-electron chi connectivity index (χ1n) is 4.37. The zero-order valence-electron chi connectivity index (χ0n) is 8.54. The number of anilines is 1. The van der Waals surface area contributed by atoms with Gasteiger partial charge >= 0.3 is 5.97 Å². The predicted octanol–water partition coefficient (Wildman–Crippen LogP) is 0.847. The van der Waals surface area contributed by atoms with Gasteiger partial charge in [0.2, 0.25) is 0 Å². The maximum absolute atomic E-state index is 12.5. The summed E-state index contributed by atoms with van der Waals surface area (Å²) in [6.45, 7) is -0.156. The fraction of sp³-hybridized carbons (Fsp3) is 0.333. The van der Waals surface area contributed by atoms with E-state index in [0.29, 0.717) is 0 Å². The van der Waals surface area contributed by atoms with Gasteiger partial charge in [0.25, 0.3) is 6.43 Å². The van der Waals surface area contributed by atoms with Crippen molar-refractivity contribution in [3.05, 3.63) is 22.9 Å². The highest BCUT2D eigenvalue weighted by molar-refractivity contribution is 5.94. The fourth-order valence-corrected chi connectivity index (χ4v) is 1.21. The summed E-state index contributed by atoms with van der Waals surface area (Å²) < 4.78 is 29.5. The van der Waals surface area contributed by atoms with E-state index in [1.807, 2.05) is 0 Å². The Labute approximate surface area is 90.4 Å². The Kier molecular flexibility index (Phi) is 3.73. The van der Waals surface area contributed by atoms with E-state index in [9.17, 15) is 13.6 Å². The van der Waals surface area contributed by atoms with Gasteiger partial charge in [-0.3, -0.25) is 0 Å². The molecule has 0 radical (unpaired) electrons. The quantitative estimate of drug-likeness (QED) is 0.752. The zero-order valence-corrected chi connectivity index (χ0v) is 8.54. The maximum Gasteiger partial charge on any atom is 0.341 e. The van der Waals surface area contributed by atoms with Gasteiger partial charge in [-0.25, -0.2) is 18.6 Å². The minimum Gasteiger partial charge on any atom is -0.465 e. The largest absolute Gasteiger partial charge is 0.465 e. The molecule has 0 spiro atoms. The van der Waals surface area contributed by atoms with Crippen molar-refractivity contribution >= 4 is 11.8 Å². The summed E-state index contributed by atoms with van der Waals surface area (Å²) in [5, 5.41) is 0. The van der Waals surface area contributed by atoms with Crippen molar-refractivity contribution in [2.45, 2.75) is 13.0 Å². The Morgan fingerprint density at radius 3 is 2.69 bits per heavy atom. The second-order valence-electron chi connectivity index (χ2n) is 2.96. The topological polar surface area (TPSA) is 91.2 Å². The number of ether oxygens (including phenoxy) is 1. The van der Waals surface area contributed by atoms with Crippen molar-refractivity contribution in [3.63, 3.8) is 0 Å². The van der Waals surface area contributed by atoms with Crippen molar-refractivity contribution in [1.82, 2.24) is 4.98 Å². The SMILES string of the molecule is COC(=O)c1cc(CN)c(C(F)F)nc1N. The van der Waals surface area contributed by atoms with Gasteiger partial charge in [0.15, 0.2) is 0 Å². The van der Waals surface area contributed by atoms with E-state index in [-0.39, 0.29) is 23.5 Å². The van der Waals surface area contributed by atoms with Crippen molar-refractivity contribution in [2.75, 3.05) is 12.8 Å². The highest BCUT2D eigenvalue weighted by Gasteiger charge is 2.20. The molecule has 0 amide bonds. The number of hydrogen-bond acceptors (Lipinski definition) is 5. The molecule has 0 aromatic carbocycles. The third-order valence-electron chi connectivity index (χ3n) is 2.00. The van der Waals surface area contributed by atoms with Gasteiger partial charge in [-0.15, -0.1) is 0 Å². The number of esters is 1. The average molecular weight is 231 g/mol. The van der Waals surface area contributed by atoms with Gasteiger partial charge < -0.3 is 16.2 Å². The van der Waals surface area contributed by atoms with Crippen LogP contribution in [0.25, 0.3) is 0 Å². The normalized spacial score (nSPS) is 10.6. The zero-order chi connectivity index (χ0) is 12.3. The van der Waals surface area contributed by atoms with E-state index < -0.39 is 18.1 Å². The van der Waals surface area contributed by atoms with E-state index in [1.54, 1.807) is 0 Å². The van der Waals surface area contributed by atoms with Crippen LogP contribution in [0.1, 0.15) is 28.0 Å². The summed E-state index contributed by atoms with van der Waals surface area (Å²) in [7, 11) is 1.16. The number of carbonyl (C=O) groups is 1. The van der Waals surface area contributed by atoms with Crippen LogP contribution in [0, 0.1) is 0 Å². The predicted molar refractivity (Wildman–Crippen MR) is 52.8 cm³/mol. The van der Waals surface area contributed by atoms with Crippen LogP contribution in [0.15, 0.2) is 6.07 Å². The van der Waals surface area contributed by atoms with E-state index in [2.05, 4.69) is 9.72 Å². The molecule has 0 saturated carbocycles. The minimum absolute atomic E-state index is 0.0626. The number of hydrogen-bond donors (Lipinski definition) is 2. The highest BCUT2D eigenvalue weighted by Crippen LogP contribution is 2.24. The van der Waals surface area contributed by atoms with Crippen LogP contribution in [-0.4, -0.2) is 18.1 Å². The summed E-state index contributed by atoms with van der Waals surface area (Å²) in [5.74, 6) is -1.03. The van der Waals surface area contributed by atoms with E-state index in [0.717, 1.165) is 7.11 Å². The lowest BCUT2D eigenvalue weighted by atomic mass is 10.1. The van der Waals surface area contributed by atoms with Crippen LogP contribution in [0.4, 0.5) is 14.6 Å². The van der Waals surface area contributed by atoms with Gasteiger partial charge in [0.05, 0.1) is 7.11 Å². The van der Waals surface area contributed by atoms with Crippen LogP contribution in [0.2, 0.25) is 0 Å². The number of methoxy groups -OCH3 is 1. The molecule has 0 atom stereocenters. The minimum atomic E-state index is -2.78. The first kappa shape index (κ1) is 12.3. The summed E-state index contributed by atoms with van der Waals surface area (Å²) in [6.07, 6.45) is -2.78. The Morgan fingerprint density at radius 1 is 1.62 bits per heavy atom. The van der Waals surface area contributed by atoms with Crippen molar-refractivity contribution in [1.29, 1.82) is 0 Å². The lowest BCUT2D eigenvalue weighted by molar-refractivity contribution is 0.0601. The molecule has 1 aromatic rings. The monoisotopic (exact) mass is 231 g/mol. The third-order valence-corrected chi connectivity index (χ3v) is 2.00. The summed E-state index contributed by atoms with van der Waals surface area (Å²) >= 11 is 0. The lowest BCUT2D eigenvalue weighted by Gasteiger charge is -2.10. The van der Waals surface area contributed by atoms with Crippen LogP contribution >= 0.6 is 0 Å². The van der Waals surface area contributed by atoms with E-state index >= 15 is 0 Å². The number of alkyl halides is 2. The smallest absolute Gasteiger partial charge is 0.341 e. The standard InChI is InChI=1S/C9H11F2N3O2/c1-16-9(15)5-2-4(3-12)6(7(10)11)14-8(5)13/h2,7H,3,12H2,1H3,(H2,13,14). The Hall–Kier alpha value is -1.76. The van der Waals surface area contributed by atoms with E-state index in [4.69, 9.17) is 11.5 Å². The van der Waals surface area contributed by atoms with Crippen LogP contribution in [0.5, 0.6) is 0 Å². The summed E-state index contributed by atoms with van der Waals surface area (Å²) in [5.41, 5.74) is 10.2. The Bertz CT molecular complexity index is 410. The number of rotatable bonds is 3. The second kappa shape index (κ2) is 4.84. The second-order valence-corrected chi connectivity index (χ2v) is 2.96. The van der Waals surface area contributed by atoms with E-state index in [1.165, 1.54) is 6.07 Å². The number of pyridine rings is 1. The molecule has 0 fully saturated rings. The van der Waals surface area contributed by atoms with Crippen molar-refractivity contribution < 1.29 is 18.3 Å².